The van der Waals surface area contributed by atoms with Crippen LogP contribution in [0.3, 0.4) is 0 Å². The van der Waals surface area contributed by atoms with Crippen molar-refractivity contribution in [2.45, 2.75) is 11.8 Å². The van der Waals surface area contributed by atoms with E-state index in [-0.39, 0.29) is 10.0 Å². The molecule has 0 atom stereocenters. The van der Waals surface area contributed by atoms with Crippen LogP contribution in [-0.4, -0.2) is 13.4 Å². The van der Waals surface area contributed by atoms with Crippen LogP contribution < -0.4 is 5.14 Å². The third-order valence-electron chi connectivity index (χ3n) is 1.32. The van der Waals surface area contributed by atoms with Crippen LogP contribution in [0.25, 0.3) is 0 Å². The zero-order valence-electron chi connectivity index (χ0n) is 6.28. The van der Waals surface area contributed by atoms with Crippen molar-refractivity contribution >= 4 is 21.6 Å². The number of rotatable bonds is 1. The van der Waals surface area contributed by atoms with Crippen LogP contribution in [-0.2, 0) is 10.0 Å². The van der Waals surface area contributed by atoms with Crippen molar-refractivity contribution in [2.24, 2.45) is 5.14 Å². The first-order valence-electron chi connectivity index (χ1n) is 3.06. The number of pyridine rings is 1. The minimum atomic E-state index is -3.66. The van der Waals surface area contributed by atoms with Crippen LogP contribution in [0.2, 0.25) is 5.15 Å². The number of hydrogen-bond donors (Lipinski definition) is 1. The molecule has 1 heterocycles. The Bertz CT molecular complexity index is 402. The highest BCUT2D eigenvalue weighted by atomic mass is 35.5. The van der Waals surface area contributed by atoms with E-state index in [1.165, 1.54) is 6.07 Å². The van der Waals surface area contributed by atoms with E-state index in [0.29, 0.717) is 5.56 Å². The largest absolute Gasteiger partial charge is 0.243 e. The van der Waals surface area contributed by atoms with Crippen LogP contribution in [0.15, 0.2) is 17.2 Å². The van der Waals surface area contributed by atoms with Gasteiger partial charge in [0.05, 0.1) is 0 Å². The van der Waals surface area contributed by atoms with E-state index in [1.54, 1.807) is 6.92 Å². The lowest BCUT2D eigenvalue weighted by atomic mass is 10.3. The highest BCUT2D eigenvalue weighted by Gasteiger charge is 2.09. The normalized spacial score (nSPS) is 11.6. The molecule has 0 spiro atoms. The summed E-state index contributed by atoms with van der Waals surface area (Å²) < 4.78 is 21.6. The van der Waals surface area contributed by atoms with Crippen molar-refractivity contribution in [3.8, 4) is 0 Å². The minimum absolute atomic E-state index is 0.0237. The van der Waals surface area contributed by atoms with Gasteiger partial charge in [0.25, 0.3) is 0 Å². The molecule has 0 aliphatic rings. The Morgan fingerprint density at radius 2 is 2.17 bits per heavy atom. The Morgan fingerprint density at radius 3 is 2.58 bits per heavy atom. The van der Waals surface area contributed by atoms with E-state index in [1.807, 2.05) is 0 Å². The number of nitrogens with zero attached hydrogens (tertiary/aromatic N) is 1. The molecule has 4 nitrogen and oxygen atoms in total. The number of hydrogen-bond acceptors (Lipinski definition) is 3. The molecule has 1 aromatic rings. The molecule has 0 radical (unpaired) electrons. The van der Waals surface area contributed by atoms with Gasteiger partial charge in [-0.1, -0.05) is 11.6 Å². The summed E-state index contributed by atoms with van der Waals surface area (Å²) in [4.78, 5) is 3.63. The van der Waals surface area contributed by atoms with Crippen LogP contribution in [0, 0.1) is 6.92 Å². The van der Waals surface area contributed by atoms with Crippen LogP contribution in [0.5, 0.6) is 0 Å². The second-order valence-corrected chi connectivity index (χ2v) is 4.24. The number of halogens is 1. The Kier molecular flexibility index (Phi) is 2.36. The number of sulfonamides is 1. The standard InChI is InChI=1S/C6H7ClN2O2S/c1-4-2-5(12(8,10)11)3-9-6(4)7/h2-3H,1H3,(H2,8,10,11). The number of aromatic nitrogens is 1. The van der Waals surface area contributed by atoms with Crippen molar-refractivity contribution in [2.75, 3.05) is 0 Å². The van der Waals surface area contributed by atoms with Crippen LogP contribution >= 0.6 is 11.6 Å². The average Bonchev–Trinajstić information content (AvgIpc) is 1.92. The smallest absolute Gasteiger partial charge is 0.239 e. The molecule has 1 rings (SSSR count). The van der Waals surface area contributed by atoms with Crippen molar-refractivity contribution in [3.05, 3.63) is 23.0 Å². The summed E-state index contributed by atoms with van der Waals surface area (Å²) in [5.41, 5.74) is 0.586. The molecule has 12 heavy (non-hydrogen) atoms. The van der Waals surface area contributed by atoms with Gasteiger partial charge in [-0.05, 0) is 18.6 Å². The molecule has 2 N–H and O–H groups in total. The van der Waals surface area contributed by atoms with Gasteiger partial charge in [-0.2, -0.15) is 0 Å². The molecule has 6 heteroatoms. The zero-order chi connectivity index (χ0) is 9.35. The molecule has 0 unspecified atom stereocenters. The Balaban J connectivity index is 3.33. The Labute approximate surface area is 75.4 Å². The molecule has 0 saturated carbocycles. The van der Waals surface area contributed by atoms with Crippen LogP contribution in [0.1, 0.15) is 5.56 Å². The van der Waals surface area contributed by atoms with E-state index < -0.39 is 10.0 Å². The van der Waals surface area contributed by atoms with Crippen molar-refractivity contribution in [1.29, 1.82) is 0 Å². The van der Waals surface area contributed by atoms with E-state index >= 15 is 0 Å². The maximum Gasteiger partial charge on any atom is 0.239 e. The summed E-state index contributed by atoms with van der Waals surface area (Å²) in [6.45, 7) is 1.66. The maximum atomic E-state index is 10.8. The Morgan fingerprint density at radius 1 is 1.58 bits per heavy atom. The number of aryl methyl sites for hydroxylation is 1. The zero-order valence-corrected chi connectivity index (χ0v) is 7.85. The van der Waals surface area contributed by atoms with Gasteiger partial charge in [-0.15, -0.1) is 0 Å². The predicted octanol–water partition coefficient (Wildman–Crippen LogP) is 0.691. The van der Waals surface area contributed by atoms with E-state index in [0.717, 1.165) is 6.20 Å². The first-order valence-corrected chi connectivity index (χ1v) is 4.98. The SMILES string of the molecule is Cc1cc(S(N)(=O)=O)cnc1Cl. The van der Waals surface area contributed by atoms with Gasteiger partial charge in [-0.3, -0.25) is 0 Å². The summed E-state index contributed by atoms with van der Waals surface area (Å²) in [6.07, 6.45) is 1.13. The van der Waals surface area contributed by atoms with E-state index in [2.05, 4.69) is 4.98 Å². The van der Waals surface area contributed by atoms with Gasteiger partial charge in [0.1, 0.15) is 10.0 Å². The fourth-order valence-electron chi connectivity index (χ4n) is 0.688. The second kappa shape index (κ2) is 3.01. The van der Waals surface area contributed by atoms with Gasteiger partial charge in [0.2, 0.25) is 10.0 Å². The molecule has 0 bridgehead atoms. The molecule has 0 fully saturated rings. The summed E-state index contributed by atoms with van der Waals surface area (Å²) >= 11 is 5.58. The van der Waals surface area contributed by atoms with Gasteiger partial charge >= 0.3 is 0 Å². The first kappa shape index (κ1) is 9.44. The van der Waals surface area contributed by atoms with Gasteiger partial charge < -0.3 is 0 Å². The first-order chi connectivity index (χ1) is 5.41. The number of nitrogens with two attached hydrogens (primary N) is 1. The fraction of sp³-hybridized carbons (Fsp3) is 0.167. The summed E-state index contributed by atoms with van der Waals surface area (Å²) in [5.74, 6) is 0. The highest BCUT2D eigenvalue weighted by Crippen LogP contribution is 2.14. The third-order valence-corrected chi connectivity index (χ3v) is 2.59. The number of primary sulfonamides is 1. The monoisotopic (exact) mass is 206 g/mol. The lowest BCUT2D eigenvalue weighted by Gasteiger charge is -1.99. The molecule has 0 amide bonds. The van der Waals surface area contributed by atoms with E-state index in [9.17, 15) is 8.42 Å². The molecular formula is C6H7ClN2O2S. The molecule has 0 aromatic carbocycles. The summed E-state index contributed by atoms with van der Waals surface area (Å²) in [6, 6.07) is 1.38. The van der Waals surface area contributed by atoms with Crippen molar-refractivity contribution < 1.29 is 8.42 Å². The topological polar surface area (TPSA) is 73.1 Å². The molecule has 66 valence electrons. The summed E-state index contributed by atoms with van der Waals surface area (Å²) in [7, 11) is -3.66. The predicted molar refractivity (Wildman–Crippen MR) is 45.4 cm³/mol. The lowest BCUT2D eigenvalue weighted by Crippen LogP contribution is -2.12. The van der Waals surface area contributed by atoms with E-state index in [4.69, 9.17) is 16.7 Å². The Hall–Kier alpha value is -0.650. The molecule has 0 saturated heterocycles. The van der Waals surface area contributed by atoms with Crippen molar-refractivity contribution in [3.63, 3.8) is 0 Å². The lowest BCUT2D eigenvalue weighted by molar-refractivity contribution is 0.597. The van der Waals surface area contributed by atoms with Gasteiger partial charge in [0.15, 0.2) is 0 Å². The summed E-state index contributed by atoms with van der Waals surface area (Å²) in [5, 5.41) is 5.14. The average molecular weight is 207 g/mol. The van der Waals surface area contributed by atoms with Gasteiger partial charge in [-0.25, -0.2) is 18.5 Å². The van der Waals surface area contributed by atoms with Crippen molar-refractivity contribution in [1.82, 2.24) is 4.98 Å². The molecule has 0 aliphatic carbocycles. The maximum absolute atomic E-state index is 10.8. The molecule has 0 aliphatic heterocycles. The molecule has 1 aromatic heterocycles. The minimum Gasteiger partial charge on any atom is -0.243 e. The third kappa shape index (κ3) is 1.94. The quantitative estimate of drug-likeness (QED) is 0.688. The van der Waals surface area contributed by atoms with Crippen LogP contribution in [0.4, 0.5) is 0 Å². The van der Waals surface area contributed by atoms with Gasteiger partial charge in [0, 0.05) is 6.20 Å². The fourth-order valence-corrected chi connectivity index (χ4v) is 1.33. The molecular weight excluding hydrogens is 200 g/mol. The second-order valence-electron chi connectivity index (χ2n) is 2.32. The highest BCUT2D eigenvalue weighted by molar-refractivity contribution is 7.89.